The lowest BCUT2D eigenvalue weighted by Gasteiger charge is -2.15. The maximum Gasteiger partial charge on any atom is 0.245 e. The van der Waals surface area contributed by atoms with Crippen LogP contribution in [0.3, 0.4) is 0 Å². The fourth-order valence-electron chi connectivity index (χ4n) is 2.30. The predicted octanol–water partition coefficient (Wildman–Crippen LogP) is 3.04. The minimum Gasteiger partial charge on any atom is -0.312 e. The molecule has 1 saturated heterocycles. The standard InChI is InChI=1S/C13H21BrN2O2S2/c1-3-5-15-8-11-7-12(13(14)19-11)20(17,18)16-6-4-10(2)9-16/h7,10,15H,3-6,8-9H2,1-2H3. The van der Waals surface area contributed by atoms with Crippen molar-refractivity contribution in [2.24, 2.45) is 5.92 Å². The lowest BCUT2D eigenvalue weighted by molar-refractivity contribution is 0.464. The highest BCUT2D eigenvalue weighted by Gasteiger charge is 2.32. The molecule has 1 fully saturated rings. The van der Waals surface area contributed by atoms with E-state index in [4.69, 9.17) is 0 Å². The van der Waals surface area contributed by atoms with E-state index >= 15 is 0 Å². The van der Waals surface area contributed by atoms with Crippen molar-refractivity contribution in [2.45, 2.75) is 38.1 Å². The normalized spacial score (nSPS) is 20.6. The molecule has 1 aromatic rings. The minimum absolute atomic E-state index is 0.421. The molecule has 7 heteroatoms. The van der Waals surface area contributed by atoms with Crippen LogP contribution in [0.25, 0.3) is 0 Å². The molecular formula is C13H21BrN2O2S2. The highest BCUT2D eigenvalue weighted by Crippen LogP contribution is 2.35. The van der Waals surface area contributed by atoms with E-state index in [1.54, 1.807) is 10.4 Å². The number of halogens is 1. The Morgan fingerprint density at radius 1 is 1.55 bits per heavy atom. The van der Waals surface area contributed by atoms with E-state index < -0.39 is 10.0 Å². The summed E-state index contributed by atoms with van der Waals surface area (Å²) >= 11 is 4.91. The van der Waals surface area contributed by atoms with E-state index in [1.807, 2.05) is 0 Å². The van der Waals surface area contributed by atoms with Gasteiger partial charge in [0.25, 0.3) is 0 Å². The maximum absolute atomic E-state index is 12.6. The zero-order chi connectivity index (χ0) is 14.8. The number of sulfonamides is 1. The van der Waals surface area contributed by atoms with E-state index in [0.717, 1.165) is 30.8 Å². The van der Waals surface area contributed by atoms with Crippen molar-refractivity contribution < 1.29 is 8.42 Å². The van der Waals surface area contributed by atoms with Gasteiger partial charge in [0, 0.05) is 24.5 Å². The topological polar surface area (TPSA) is 49.4 Å². The van der Waals surface area contributed by atoms with Crippen LogP contribution in [0.2, 0.25) is 0 Å². The molecule has 1 aromatic heterocycles. The maximum atomic E-state index is 12.6. The van der Waals surface area contributed by atoms with Crippen molar-refractivity contribution in [3.8, 4) is 0 Å². The summed E-state index contributed by atoms with van der Waals surface area (Å²) in [5, 5.41) is 3.30. The highest BCUT2D eigenvalue weighted by molar-refractivity contribution is 9.11. The van der Waals surface area contributed by atoms with Crippen LogP contribution < -0.4 is 5.32 Å². The summed E-state index contributed by atoms with van der Waals surface area (Å²) in [7, 11) is -3.34. The Hall–Kier alpha value is 0.0500. The van der Waals surface area contributed by atoms with Crippen molar-refractivity contribution in [3.63, 3.8) is 0 Å². The molecule has 0 bridgehead atoms. The van der Waals surface area contributed by atoms with E-state index in [9.17, 15) is 8.42 Å². The quantitative estimate of drug-likeness (QED) is 0.771. The molecule has 2 rings (SSSR count). The average molecular weight is 381 g/mol. The van der Waals surface area contributed by atoms with Crippen LogP contribution in [0, 0.1) is 5.92 Å². The van der Waals surface area contributed by atoms with E-state index in [1.165, 1.54) is 11.3 Å². The third kappa shape index (κ3) is 3.62. The first-order valence-corrected chi connectivity index (χ1v) is 9.99. The molecule has 114 valence electrons. The van der Waals surface area contributed by atoms with Crippen LogP contribution in [0.1, 0.15) is 31.6 Å². The second-order valence-corrected chi connectivity index (χ2v) is 9.65. The second kappa shape index (κ2) is 6.87. The summed E-state index contributed by atoms with van der Waals surface area (Å²) in [6, 6.07) is 1.80. The summed E-state index contributed by atoms with van der Waals surface area (Å²) < 4.78 is 27.6. The third-order valence-electron chi connectivity index (χ3n) is 3.44. The lowest BCUT2D eigenvalue weighted by atomic mass is 10.2. The van der Waals surface area contributed by atoms with Crippen LogP contribution in [-0.2, 0) is 16.6 Å². The van der Waals surface area contributed by atoms with Gasteiger partial charge in [-0.05, 0) is 47.3 Å². The van der Waals surface area contributed by atoms with Gasteiger partial charge in [-0.15, -0.1) is 11.3 Å². The van der Waals surface area contributed by atoms with E-state index in [2.05, 4.69) is 35.1 Å². The molecule has 1 aliphatic heterocycles. The van der Waals surface area contributed by atoms with Crippen molar-refractivity contribution in [1.82, 2.24) is 9.62 Å². The molecule has 20 heavy (non-hydrogen) atoms. The first-order chi connectivity index (χ1) is 9.45. The van der Waals surface area contributed by atoms with Gasteiger partial charge in [0.15, 0.2) is 0 Å². The monoisotopic (exact) mass is 380 g/mol. The Bertz CT molecular complexity index is 557. The molecule has 0 radical (unpaired) electrons. The molecule has 0 aromatic carbocycles. The van der Waals surface area contributed by atoms with Crippen LogP contribution in [-0.4, -0.2) is 32.4 Å². The number of nitrogens with one attached hydrogen (secondary N) is 1. The minimum atomic E-state index is -3.34. The van der Waals surface area contributed by atoms with Crippen molar-refractivity contribution >= 4 is 37.3 Å². The van der Waals surface area contributed by atoms with Crippen LogP contribution in [0.5, 0.6) is 0 Å². The molecule has 0 amide bonds. The van der Waals surface area contributed by atoms with Crippen molar-refractivity contribution in [1.29, 1.82) is 0 Å². The number of hydrogen-bond acceptors (Lipinski definition) is 4. The summed E-state index contributed by atoms with van der Waals surface area (Å²) in [6.07, 6.45) is 2.02. The SMILES string of the molecule is CCCNCc1cc(S(=O)(=O)N2CCC(C)C2)c(Br)s1. The Kier molecular flexibility index (Phi) is 5.64. The Morgan fingerprint density at radius 2 is 2.30 bits per heavy atom. The Balaban J connectivity index is 2.15. The van der Waals surface area contributed by atoms with Gasteiger partial charge in [0.1, 0.15) is 4.90 Å². The third-order valence-corrected chi connectivity index (χ3v) is 7.55. The van der Waals surface area contributed by atoms with E-state index in [-0.39, 0.29) is 0 Å². The van der Waals surface area contributed by atoms with Gasteiger partial charge in [-0.1, -0.05) is 13.8 Å². The molecule has 1 aliphatic rings. The van der Waals surface area contributed by atoms with Crippen LogP contribution in [0.15, 0.2) is 14.7 Å². The number of hydrogen-bond donors (Lipinski definition) is 1. The van der Waals surface area contributed by atoms with Crippen molar-refractivity contribution in [3.05, 3.63) is 14.7 Å². The largest absolute Gasteiger partial charge is 0.312 e. The summed E-state index contributed by atoms with van der Waals surface area (Å²) in [4.78, 5) is 1.47. The Morgan fingerprint density at radius 3 is 2.90 bits per heavy atom. The van der Waals surface area contributed by atoms with Gasteiger partial charge < -0.3 is 5.32 Å². The molecule has 1 unspecified atom stereocenters. The summed E-state index contributed by atoms with van der Waals surface area (Å²) in [5.41, 5.74) is 0. The molecule has 4 nitrogen and oxygen atoms in total. The average Bonchev–Trinajstić information content (AvgIpc) is 2.97. The van der Waals surface area contributed by atoms with Crippen LogP contribution >= 0.6 is 27.3 Å². The first-order valence-electron chi connectivity index (χ1n) is 6.94. The Labute approximate surface area is 133 Å². The van der Waals surface area contributed by atoms with E-state index in [0.29, 0.717) is 27.7 Å². The first kappa shape index (κ1) is 16.4. The number of nitrogens with zero attached hydrogens (tertiary/aromatic N) is 1. The second-order valence-electron chi connectivity index (χ2n) is 5.28. The van der Waals surface area contributed by atoms with Gasteiger partial charge in [0.2, 0.25) is 10.0 Å². The van der Waals surface area contributed by atoms with Gasteiger partial charge in [-0.25, -0.2) is 8.42 Å². The van der Waals surface area contributed by atoms with Crippen molar-refractivity contribution in [2.75, 3.05) is 19.6 Å². The summed E-state index contributed by atoms with van der Waals surface area (Å²) in [5.74, 6) is 0.452. The number of thiophene rings is 1. The molecule has 2 heterocycles. The molecule has 0 spiro atoms. The predicted molar refractivity (Wildman–Crippen MR) is 86.6 cm³/mol. The fourth-order valence-corrected chi connectivity index (χ4v) is 6.48. The van der Waals surface area contributed by atoms with Gasteiger partial charge >= 0.3 is 0 Å². The molecule has 1 atom stereocenters. The van der Waals surface area contributed by atoms with Gasteiger partial charge in [-0.2, -0.15) is 4.31 Å². The smallest absolute Gasteiger partial charge is 0.245 e. The lowest BCUT2D eigenvalue weighted by Crippen LogP contribution is -2.28. The molecule has 0 aliphatic carbocycles. The van der Waals surface area contributed by atoms with Gasteiger partial charge in [0.05, 0.1) is 3.79 Å². The van der Waals surface area contributed by atoms with Crippen LogP contribution in [0.4, 0.5) is 0 Å². The molecular weight excluding hydrogens is 360 g/mol. The highest BCUT2D eigenvalue weighted by atomic mass is 79.9. The molecule has 0 saturated carbocycles. The summed E-state index contributed by atoms with van der Waals surface area (Å²) in [6.45, 7) is 7.15. The number of rotatable bonds is 6. The fraction of sp³-hybridized carbons (Fsp3) is 0.692. The zero-order valence-corrected chi connectivity index (χ0v) is 15.1. The zero-order valence-electron chi connectivity index (χ0n) is 11.9. The molecule has 1 N–H and O–H groups in total. The van der Waals surface area contributed by atoms with Gasteiger partial charge in [-0.3, -0.25) is 0 Å².